The minimum absolute atomic E-state index is 0.0661. The summed E-state index contributed by atoms with van der Waals surface area (Å²) in [6, 6.07) is 9.75. The molecule has 0 spiro atoms. The van der Waals surface area contributed by atoms with Crippen LogP contribution in [0.5, 0.6) is 5.75 Å². The zero-order valence-electron chi connectivity index (χ0n) is 17.6. The van der Waals surface area contributed by atoms with Crippen LogP contribution in [0.4, 0.5) is 5.69 Å². The maximum absolute atomic E-state index is 13.8. The van der Waals surface area contributed by atoms with E-state index in [9.17, 15) is 14.4 Å². The molecular weight excluding hydrogens is 418 g/mol. The molecule has 2 aromatic carbocycles. The van der Waals surface area contributed by atoms with E-state index in [2.05, 4.69) is 5.32 Å². The van der Waals surface area contributed by atoms with Crippen LogP contribution >= 0.6 is 11.6 Å². The molecule has 2 aliphatic rings. The molecule has 1 unspecified atom stereocenters. The summed E-state index contributed by atoms with van der Waals surface area (Å²) >= 11 is 6.35. The van der Waals surface area contributed by atoms with Crippen molar-refractivity contribution in [2.45, 2.75) is 24.4 Å². The van der Waals surface area contributed by atoms with E-state index in [0.717, 1.165) is 12.7 Å². The van der Waals surface area contributed by atoms with E-state index >= 15 is 0 Å². The molecule has 162 valence electrons. The number of amides is 2. The average Bonchev–Trinajstić information content (AvgIpc) is 3.35. The van der Waals surface area contributed by atoms with Crippen LogP contribution in [-0.2, 0) is 15.1 Å². The molecule has 0 aromatic heterocycles. The van der Waals surface area contributed by atoms with Crippen molar-refractivity contribution in [3.63, 3.8) is 0 Å². The minimum Gasteiger partial charge on any atom is -0.496 e. The first-order valence-electron chi connectivity index (χ1n) is 10.1. The molecule has 1 N–H and O–H groups in total. The van der Waals surface area contributed by atoms with Crippen LogP contribution < -0.4 is 10.1 Å². The summed E-state index contributed by atoms with van der Waals surface area (Å²) in [5.74, 6) is 0.0551. The molecular formula is C23H24ClN3O4. The Morgan fingerprint density at radius 3 is 2.71 bits per heavy atom. The van der Waals surface area contributed by atoms with Gasteiger partial charge in [-0.2, -0.15) is 0 Å². The predicted octanol–water partition coefficient (Wildman–Crippen LogP) is 2.91. The molecule has 0 radical (unpaired) electrons. The Morgan fingerprint density at radius 2 is 2.03 bits per heavy atom. The summed E-state index contributed by atoms with van der Waals surface area (Å²) in [5.41, 5.74) is 0.986. The van der Waals surface area contributed by atoms with Crippen molar-refractivity contribution in [3.05, 3.63) is 58.1 Å². The van der Waals surface area contributed by atoms with Gasteiger partial charge in [-0.3, -0.25) is 19.3 Å². The maximum Gasteiger partial charge on any atom is 0.254 e. The highest BCUT2D eigenvalue weighted by Gasteiger charge is 2.58. The number of nitrogens with one attached hydrogen (secondary N) is 1. The lowest BCUT2D eigenvalue weighted by Crippen LogP contribution is -2.57. The number of anilines is 1. The van der Waals surface area contributed by atoms with Crippen LogP contribution in [0.3, 0.4) is 0 Å². The van der Waals surface area contributed by atoms with Crippen LogP contribution in [0.15, 0.2) is 36.4 Å². The van der Waals surface area contributed by atoms with E-state index < -0.39 is 11.6 Å². The van der Waals surface area contributed by atoms with Gasteiger partial charge in [-0.1, -0.05) is 23.7 Å². The summed E-state index contributed by atoms with van der Waals surface area (Å²) in [4.78, 5) is 41.7. The van der Waals surface area contributed by atoms with E-state index in [1.807, 2.05) is 4.90 Å². The minimum atomic E-state index is -1.32. The van der Waals surface area contributed by atoms with Gasteiger partial charge in [0.1, 0.15) is 12.0 Å². The van der Waals surface area contributed by atoms with Crippen molar-refractivity contribution in [2.24, 2.45) is 0 Å². The summed E-state index contributed by atoms with van der Waals surface area (Å²) in [7, 11) is 4.92. The number of likely N-dealkylation sites (tertiary alicyclic amines) is 1. The summed E-state index contributed by atoms with van der Waals surface area (Å²) in [6.07, 6.45) is 2.13. The Kier molecular flexibility index (Phi) is 5.49. The van der Waals surface area contributed by atoms with Gasteiger partial charge in [0.25, 0.3) is 5.91 Å². The fourth-order valence-electron chi connectivity index (χ4n) is 4.77. The standard InChI is InChI=1S/C23H24ClN3O4/c1-26(2)21(29)19-5-4-10-27(19)23(16-8-6-14(13-28)11-20(16)31-3)17-12-15(24)7-9-18(17)25-22(23)30/h6-9,11-13,19H,4-5,10H2,1-3H3,(H,25,30)/t19-,23?/m0/s1. The average molecular weight is 442 g/mol. The molecule has 2 aromatic rings. The number of benzene rings is 2. The van der Waals surface area contributed by atoms with Gasteiger partial charge in [0.15, 0.2) is 5.54 Å². The van der Waals surface area contributed by atoms with E-state index in [1.165, 1.54) is 7.11 Å². The topological polar surface area (TPSA) is 79.0 Å². The number of carbonyl (C=O) groups excluding carboxylic acids is 3. The van der Waals surface area contributed by atoms with Gasteiger partial charge in [-0.05, 0) is 37.1 Å². The third-order valence-electron chi connectivity index (χ3n) is 6.11. The number of hydrogen-bond donors (Lipinski definition) is 1. The van der Waals surface area contributed by atoms with Gasteiger partial charge in [0, 0.05) is 48.0 Å². The van der Waals surface area contributed by atoms with Crippen LogP contribution in [0.25, 0.3) is 0 Å². The van der Waals surface area contributed by atoms with E-state index in [0.29, 0.717) is 46.1 Å². The van der Waals surface area contributed by atoms with Crippen LogP contribution in [0.1, 0.15) is 34.3 Å². The highest BCUT2D eigenvalue weighted by atomic mass is 35.5. The SMILES string of the molecule is COc1cc(C=O)ccc1C1(N2CCC[C@H]2C(=O)N(C)C)C(=O)Nc2ccc(Cl)cc21. The van der Waals surface area contributed by atoms with Crippen LogP contribution in [0, 0.1) is 0 Å². The summed E-state index contributed by atoms with van der Waals surface area (Å²) < 4.78 is 5.63. The van der Waals surface area contributed by atoms with Gasteiger partial charge in [0.2, 0.25) is 5.91 Å². The molecule has 1 fully saturated rings. The number of nitrogens with zero attached hydrogens (tertiary/aromatic N) is 2. The molecule has 8 heteroatoms. The largest absolute Gasteiger partial charge is 0.496 e. The molecule has 31 heavy (non-hydrogen) atoms. The lowest BCUT2D eigenvalue weighted by Gasteiger charge is -2.41. The monoisotopic (exact) mass is 441 g/mol. The Balaban J connectivity index is 2.03. The molecule has 2 aliphatic heterocycles. The second kappa shape index (κ2) is 7.98. The Labute approximate surface area is 185 Å². The van der Waals surface area contributed by atoms with Crippen LogP contribution in [-0.4, -0.2) is 61.7 Å². The summed E-state index contributed by atoms with van der Waals surface area (Å²) in [5, 5.41) is 3.45. The lowest BCUT2D eigenvalue weighted by atomic mass is 9.80. The second-order valence-corrected chi connectivity index (χ2v) is 8.45. The fourth-order valence-corrected chi connectivity index (χ4v) is 4.94. The Bertz CT molecular complexity index is 1070. The van der Waals surface area contributed by atoms with E-state index in [-0.39, 0.29) is 11.8 Å². The molecule has 0 saturated carbocycles. The number of likely N-dealkylation sites (N-methyl/N-ethyl adjacent to an activating group) is 1. The molecule has 2 atom stereocenters. The first-order chi connectivity index (χ1) is 14.8. The number of methoxy groups -OCH3 is 1. The second-order valence-electron chi connectivity index (χ2n) is 8.02. The normalized spacial score (nSPS) is 22.7. The highest BCUT2D eigenvalue weighted by Crippen LogP contribution is 2.51. The van der Waals surface area contributed by atoms with E-state index in [1.54, 1.807) is 55.4 Å². The van der Waals surface area contributed by atoms with Crippen molar-refractivity contribution in [3.8, 4) is 5.75 Å². The third-order valence-corrected chi connectivity index (χ3v) is 6.34. The van der Waals surface area contributed by atoms with Gasteiger partial charge < -0.3 is 15.0 Å². The van der Waals surface area contributed by atoms with Crippen molar-refractivity contribution < 1.29 is 19.1 Å². The zero-order valence-corrected chi connectivity index (χ0v) is 18.4. The molecule has 0 aliphatic carbocycles. The van der Waals surface area contributed by atoms with Crippen molar-refractivity contribution in [1.29, 1.82) is 0 Å². The highest BCUT2D eigenvalue weighted by molar-refractivity contribution is 6.31. The smallest absolute Gasteiger partial charge is 0.254 e. The number of ether oxygens (including phenoxy) is 1. The number of hydrogen-bond acceptors (Lipinski definition) is 5. The molecule has 0 bridgehead atoms. The molecule has 2 amide bonds. The number of fused-ring (bicyclic) bond motifs is 1. The molecule has 4 rings (SSSR count). The maximum atomic E-state index is 13.8. The van der Waals surface area contributed by atoms with Gasteiger partial charge in [-0.15, -0.1) is 0 Å². The third kappa shape index (κ3) is 3.20. The predicted molar refractivity (Wildman–Crippen MR) is 118 cm³/mol. The molecule has 2 heterocycles. The summed E-state index contributed by atoms with van der Waals surface area (Å²) in [6.45, 7) is 0.544. The quantitative estimate of drug-likeness (QED) is 0.722. The number of rotatable bonds is 5. The zero-order chi connectivity index (χ0) is 22.3. The van der Waals surface area contributed by atoms with Gasteiger partial charge >= 0.3 is 0 Å². The van der Waals surface area contributed by atoms with Crippen molar-refractivity contribution in [1.82, 2.24) is 9.80 Å². The number of aldehydes is 1. The van der Waals surface area contributed by atoms with Crippen LogP contribution in [0.2, 0.25) is 5.02 Å². The van der Waals surface area contributed by atoms with Crippen molar-refractivity contribution >= 4 is 35.4 Å². The number of carbonyl (C=O) groups is 3. The Hall–Kier alpha value is -2.90. The first kappa shape index (κ1) is 21.3. The molecule has 1 saturated heterocycles. The molecule has 7 nitrogen and oxygen atoms in total. The van der Waals surface area contributed by atoms with Gasteiger partial charge in [-0.25, -0.2) is 0 Å². The first-order valence-corrected chi connectivity index (χ1v) is 10.5. The fraction of sp³-hybridized carbons (Fsp3) is 0.348. The lowest BCUT2D eigenvalue weighted by molar-refractivity contribution is -0.138. The Morgan fingerprint density at radius 1 is 1.26 bits per heavy atom. The van der Waals surface area contributed by atoms with Gasteiger partial charge in [0.05, 0.1) is 13.2 Å². The van der Waals surface area contributed by atoms with Crippen molar-refractivity contribution in [2.75, 3.05) is 33.1 Å². The number of halogens is 1. The van der Waals surface area contributed by atoms with E-state index in [4.69, 9.17) is 16.3 Å².